The quantitative estimate of drug-likeness (QED) is 0.534. The SMILES string of the molecule is O=C(C=Cc1cccc2cccnc12)c1ccncc1. The van der Waals surface area contributed by atoms with Gasteiger partial charge in [-0.1, -0.05) is 24.3 Å². The van der Waals surface area contributed by atoms with E-state index in [4.69, 9.17) is 0 Å². The maximum absolute atomic E-state index is 12.0. The number of rotatable bonds is 3. The lowest BCUT2D eigenvalue weighted by Crippen LogP contribution is -1.93. The van der Waals surface area contributed by atoms with E-state index in [1.807, 2.05) is 30.3 Å². The standard InChI is InChI=1S/C17H12N2O/c20-16(13-8-11-18-12-9-13)7-6-15-4-1-3-14-5-2-10-19-17(14)15/h1-12H. The van der Waals surface area contributed by atoms with E-state index in [-0.39, 0.29) is 5.78 Å². The molecule has 3 heteroatoms. The van der Waals surface area contributed by atoms with Crippen LogP contribution in [0.1, 0.15) is 15.9 Å². The van der Waals surface area contributed by atoms with Crippen LogP contribution in [0.5, 0.6) is 0 Å². The van der Waals surface area contributed by atoms with E-state index in [0.29, 0.717) is 5.56 Å². The molecule has 3 rings (SSSR count). The highest BCUT2D eigenvalue weighted by molar-refractivity contribution is 6.07. The molecule has 0 fully saturated rings. The van der Waals surface area contributed by atoms with Crippen LogP contribution in [-0.2, 0) is 0 Å². The predicted octanol–water partition coefficient (Wildman–Crippen LogP) is 3.53. The Morgan fingerprint density at radius 1 is 0.950 bits per heavy atom. The molecule has 0 aliphatic rings. The number of carbonyl (C=O) groups is 1. The minimum atomic E-state index is -0.0414. The Kier molecular flexibility index (Phi) is 3.33. The molecule has 0 N–H and O–H groups in total. The zero-order valence-electron chi connectivity index (χ0n) is 10.7. The van der Waals surface area contributed by atoms with Crippen molar-refractivity contribution in [3.8, 4) is 0 Å². The van der Waals surface area contributed by atoms with Gasteiger partial charge < -0.3 is 0 Å². The maximum Gasteiger partial charge on any atom is 0.185 e. The van der Waals surface area contributed by atoms with E-state index < -0.39 is 0 Å². The molecule has 0 aliphatic heterocycles. The lowest BCUT2D eigenvalue weighted by atomic mass is 10.1. The van der Waals surface area contributed by atoms with Gasteiger partial charge in [0.25, 0.3) is 0 Å². The number of benzene rings is 1. The van der Waals surface area contributed by atoms with E-state index >= 15 is 0 Å². The largest absolute Gasteiger partial charge is 0.289 e. The van der Waals surface area contributed by atoms with Crippen molar-refractivity contribution < 1.29 is 4.79 Å². The van der Waals surface area contributed by atoms with Gasteiger partial charge in [-0.2, -0.15) is 0 Å². The van der Waals surface area contributed by atoms with Crippen LogP contribution in [0.4, 0.5) is 0 Å². The Balaban J connectivity index is 1.94. The molecule has 0 atom stereocenters. The fraction of sp³-hybridized carbons (Fsp3) is 0. The summed E-state index contributed by atoms with van der Waals surface area (Å²) in [6.45, 7) is 0. The van der Waals surface area contributed by atoms with E-state index in [2.05, 4.69) is 9.97 Å². The van der Waals surface area contributed by atoms with Gasteiger partial charge >= 0.3 is 0 Å². The second-order valence-corrected chi connectivity index (χ2v) is 4.36. The Morgan fingerprint density at radius 3 is 2.60 bits per heavy atom. The number of hydrogen-bond donors (Lipinski definition) is 0. The maximum atomic E-state index is 12.0. The van der Waals surface area contributed by atoms with Gasteiger partial charge in [0.1, 0.15) is 0 Å². The minimum absolute atomic E-state index is 0.0414. The Labute approximate surface area is 116 Å². The van der Waals surface area contributed by atoms with Crippen LogP contribution in [0.25, 0.3) is 17.0 Å². The molecule has 0 aliphatic carbocycles. The van der Waals surface area contributed by atoms with Gasteiger partial charge in [0, 0.05) is 35.1 Å². The molecule has 0 spiro atoms. The summed E-state index contributed by atoms with van der Waals surface area (Å²) in [5.74, 6) is -0.0414. The van der Waals surface area contributed by atoms with Crippen molar-refractivity contribution in [3.05, 3.63) is 78.3 Å². The molecular weight excluding hydrogens is 248 g/mol. The van der Waals surface area contributed by atoms with Crippen LogP contribution in [-0.4, -0.2) is 15.8 Å². The second-order valence-electron chi connectivity index (χ2n) is 4.36. The van der Waals surface area contributed by atoms with Gasteiger partial charge in [-0.05, 0) is 30.4 Å². The summed E-state index contributed by atoms with van der Waals surface area (Å²) < 4.78 is 0. The Hall–Kier alpha value is -2.81. The first-order valence-corrected chi connectivity index (χ1v) is 6.31. The van der Waals surface area contributed by atoms with Crippen molar-refractivity contribution in [3.63, 3.8) is 0 Å². The topological polar surface area (TPSA) is 42.9 Å². The summed E-state index contributed by atoms with van der Waals surface area (Å²) in [4.78, 5) is 20.3. The summed E-state index contributed by atoms with van der Waals surface area (Å²) in [5.41, 5.74) is 2.46. The average molecular weight is 260 g/mol. The highest BCUT2D eigenvalue weighted by Gasteiger charge is 2.02. The third-order valence-corrected chi connectivity index (χ3v) is 3.04. The summed E-state index contributed by atoms with van der Waals surface area (Å²) in [6.07, 6.45) is 8.35. The number of fused-ring (bicyclic) bond motifs is 1. The van der Waals surface area contributed by atoms with Gasteiger partial charge in [0.05, 0.1) is 5.52 Å². The van der Waals surface area contributed by atoms with Crippen LogP contribution < -0.4 is 0 Å². The molecule has 2 heterocycles. The molecule has 96 valence electrons. The van der Waals surface area contributed by atoms with E-state index in [9.17, 15) is 4.79 Å². The van der Waals surface area contributed by atoms with Crippen molar-refractivity contribution in [1.82, 2.24) is 9.97 Å². The molecule has 0 radical (unpaired) electrons. The first-order chi connectivity index (χ1) is 9.84. The fourth-order valence-corrected chi connectivity index (χ4v) is 2.04. The number of pyridine rings is 2. The molecule has 0 saturated heterocycles. The molecule has 0 amide bonds. The van der Waals surface area contributed by atoms with E-state index in [1.54, 1.807) is 42.9 Å². The normalized spacial score (nSPS) is 11.0. The van der Waals surface area contributed by atoms with Gasteiger partial charge in [-0.25, -0.2) is 0 Å². The summed E-state index contributed by atoms with van der Waals surface area (Å²) in [6, 6.07) is 13.2. The second kappa shape index (κ2) is 5.45. The number of ketones is 1. The molecule has 20 heavy (non-hydrogen) atoms. The highest BCUT2D eigenvalue weighted by atomic mass is 16.1. The molecule has 0 bridgehead atoms. The van der Waals surface area contributed by atoms with Gasteiger partial charge in [-0.15, -0.1) is 0 Å². The number of para-hydroxylation sites is 1. The molecular formula is C17H12N2O. The van der Waals surface area contributed by atoms with Crippen LogP contribution in [0, 0.1) is 0 Å². The number of aromatic nitrogens is 2. The summed E-state index contributed by atoms with van der Waals surface area (Å²) in [7, 11) is 0. The van der Waals surface area contributed by atoms with Crippen LogP contribution in [0.2, 0.25) is 0 Å². The van der Waals surface area contributed by atoms with Crippen LogP contribution in [0.15, 0.2) is 67.1 Å². The van der Waals surface area contributed by atoms with Gasteiger partial charge in [0.2, 0.25) is 0 Å². The van der Waals surface area contributed by atoms with Crippen molar-refractivity contribution in [1.29, 1.82) is 0 Å². The van der Waals surface area contributed by atoms with Gasteiger partial charge in [0.15, 0.2) is 5.78 Å². The molecule has 2 aromatic heterocycles. The highest BCUT2D eigenvalue weighted by Crippen LogP contribution is 2.17. The van der Waals surface area contributed by atoms with Crippen molar-refractivity contribution in [2.75, 3.05) is 0 Å². The molecule has 3 nitrogen and oxygen atoms in total. The number of allylic oxidation sites excluding steroid dienone is 1. The monoisotopic (exact) mass is 260 g/mol. The molecule has 1 aromatic carbocycles. The zero-order chi connectivity index (χ0) is 13.8. The number of hydrogen-bond acceptors (Lipinski definition) is 3. The summed E-state index contributed by atoms with van der Waals surface area (Å²) in [5, 5.41) is 1.06. The van der Waals surface area contributed by atoms with Crippen LogP contribution in [0.3, 0.4) is 0 Å². The Morgan fingerprint density at radius 2 is 1.75 bits per heavy atom. The van der Waals surface area contributed by atoms with Crippen molar-refractivity contribution in [2.45, 2.75) is 0 Å². The average Bonchev–Trinajstić information content (AvgIpc) is 2.53. The first-order valence-electron chi connectivity index (χ1n) is 6.31. The van der Waals surface area contributed by atoms with Crippen molar-refractivity contribution >= 4 is 22.8 Å². The lowest BCUT2D eigenvalue weighted by Gasteiger charge is -2.00. The zero-order valence-corrected chi connectivity index (χ0v) is 10.7. The van der Waals surface area contributed by atoms with E-state index in [0.717, 1.165) is 16.5 Å². The van der Waals surface area contributed by atoms with E-state index in [1.165, 1.54) is 0 Å². The van der Waals surface area contributed by atoms with Crippen LogP contribution >= 0.6 is 0 Å². The predicted molar refractivity (Wildman–Crippen MR) is 79.3 cm³/mol. The molecule has 3 aromatic rings. The lowest BCUT2D eigenvalue weighted by molar-refractivity contribution is 0.104. The van der Waals surface area contributed by atoms with Crippen molar-refractivity contribution in [2.24, 2.45) is 0 Å². The smallest absolute Gasteiger partial charge is 0.185 e. The number of carbonyl (C=O) groups excluding carboxylic acids is 1. The molecule has 0 unspecified atom stereocenters. The third-order valence-electron chi connectivity index (χ3n) is 3.04. The third kappa shape index (κ3) is 2.47. The number of nitrogens with zero attached hydrogens (tertiary/aromatic N) is 2. The molecule has 0 saturated carbocycles. The minimum Gasteiger partial charge on any atom is -0.289 e. The Bertz CT molecular complexity index is 774. The fourth-order valence-electron chi connectivity index (χ4n) is 2.04. The van der Waals surface area contributed by atoms with Gasteiger partial charge in [-0.3, -0.25) is 14.8 Å². The summed E-state index contributed by atoms with van der Waals surface area (Å²) >= 11 is 0. The first kappa shape index (κ1) is 12.2.